The molecule has 0 saturated carbocycles. The van der Waals surface area contributed by atoms with Crippen LogP contribution >= 0.6 is 0 Å². The molecule has 3 rings (SSSR count). The summed E-state index contributed by atoms with van der Waals surface area (Å²) in [5, 5.41) is 17.5. The topological polar surface area (TPSA) is 124 Å². The van der Waals surface area contributed by atoms with Crippen molar-refractivity contribution in [3.05, 3.63) is 58.5 Å². The van der Waals surface area contributed by atoms with Gasteiger partial charge in [0.2, 0.25) is 11.6 Å². The predicted molar refractivity (Wildman–Crippen MR) is 104 cm³/mol. The summed E-state index contributed by atoms with van der Waals surface area (Å²) in [5.74, 6) is 1.51. The molecule has 10 nitrogen and oxygen atoms in total. The number of pyridine rings is 1. The third kappa shape index (κ3) is 4.06. The van der Waals surface area contributed by atoms with Crippen LogP contribution in [0, 0.1) is 17.0 Å². The van der Waals surface area contributed by atoms with Gasteiger partial charge in [-0.3, -0.25) is 10.1 Å². The third-order valence-electron chi connectivity index (χ3n) is 3.80. The monoisotopic (exact) mass is 382 g/mol. The van der Waals surface area contributed by atoms with Gasteiger partial charge in [-0.2, -0.15) is 0 Å². The molecule has 28 heavy (non-hydrogen) atoms. The van der Waals surface area contributed by atoms with Gasteiger partial charge in [0.25, 0.3) is 0 Å². The molecule has 144 valence electrons. The van der Waals surface area contributed by atoms with Gasteiger partial charge in [-0.05, 0) is 31.2 Å². The minimum Gasteiger partial charge on any atom is -0.497 e. The second-order valence-corrected chi connectivity index (χ2v) is 5.66. The Morgan fingerprint density at radius 1 is 1.04 bits per heavy atom. The van der Waals surface area contributed by atoms with Gasteiger partial charge in [0, 0.05) is 11.8 Å². The third-order valence-corrected chi connectivity index (χ3v) is 3.80. The van der Waals surface area contributed by atoms with Crippen LogP contribution < -0.4 is 20.1 Å². The number of hydrogen-bond donors (Lipinski definition) is 2. The molecule has 2 aromatic heterocycles. The maximum Gasteiger partial charge on any atom is 0.353 e. The molecule has 0 radical (unpaired) electrons. The van der Waals surface area contributed by atoms with Gasteiger partial charge in [0.15, 0.2) is 0 Å². The molecule has 0 aliphatic heterocycles. The van der Waals surface area contributed by atoms with Gasteiger partial charge < -0.3 is 20.1 Å². The zero-order valence-electron chi connectivity index (χ0n) is 15.5. The molecule has 0 fully saturated rings. The quantitative estimate of drug-likeness (QED) is 0.466. The molecule has 0 unspecified atom stereocenters. The van der Waals surface area contributed by atoms with Gasteiger partial charge in [-0.1, -0.05) is 6.07 Å². The summed E-state index contributed by atoms with van der Waals surface area (Å²) in [4.78, 5) is 23.5. The first-order valence-corrected chi connectivity index (χ1v) is 8.21. The van der Waals surface area contributed by atoms with Crippen molar-refractivity contribution in [1.82, 2.24) is 15.0 Å². The van der Waals surface area contributed by atoms with Crippen molar-refractivity contribution in [3.63, 3.8) is 0 Å². The molecule has 2 heterocycles. The number of anilines is 4. The molecule has 0 bridgehead atoms. The Bertz CT molecular complexity index is 1010. The Hall–Kier alpha value is -3.95. The number of rotatable bonds is 7. The number of nitrogens with zero attached hydrogens (tertiary/aromatic N) is 4. The summed E-state index contributed by atoms with van der Waals surface area (Å²) < 4.78 is 10.5. The van der Waals surface area contributed by atoms with E-state index in [1.807, 2.05) is 13.0 Å². The largest absolute Gasteiger partial charge is 0.497 e. The molecule has 0 atom stereocenters. The number of aryl methyl sites for hydroxylation is 1. The van der Waals surface area contributed by atoms with Gasteiger partial charge >= 0.3 is 5.69 Å². The summed E-state index contributed by atoms with van der Waals surface area (Å²) in [6.07, 6.45) is 1.23. The van der Waals surface area contributed by atoms with Gasteiger partial charge in [0.1, 0.15) is 23.6 Å². The van der Waals surface area contributed by atoms with Crippen molar-refractivity contribution in [2.24, 2.45) is 0 Å². The predicted octanol–water partition coefficient (Wildman–Crippen LogP) is 3.59. The standard InChI is InChI=1S/C18H18N6O4/c1-11-5-4-6-15(21-11)23-18-16(24(25)26)17(19-10-20-18)22-13-8-7-12(27-2)9-14(13)28-3/h4-10H,1-3H3,(H2,19,20,21,22,23). The highest BCUT2D eigenvalue weighted by Crippen LogP contribution is 2.36. The Kier molecular flexibility index (Phi) is 5.49. The van der Waals surface area contributed by atoms with E-state index in [4.69, 9.17) is 9.47 Å². The lowest BCUT2D eigenvalue weighted by atomic mass is 10.2. The van der Waals surface area contributed by atoms with Crippen molar-refractivity contribution < 1.29 is 14.4 Å². The van der Waals surface area contributed by atoms with Crippen LogP contribution in [0.5, 0.6) is 11.5 Å². The van der Waals surface area contributed by atoms with E-state index in [1.54, 1.807) is 30.3 Å². The minimum atomic E-state index is -0.559. The van der Waals surface area contributed by atoms with Crippen molar-refractivity contribution in [2.45, 2.75) is 6.92 Å². The van der Waals surface area contributed by atoms with Crippen molar-refractivity contribution in [2.75, 3.05) is 24.9 Å². The Labute approximate surface area is 160 Å². The summed E-state index contributed by atoms with van der Waals surface area (Å²) in [6, 6.07) is 10.3. The molecular weight excluding hydrogens is 364 g/mol. The first-order valence-electron chi connectivity index (χ1n) is 8.21. The molecule has 3 aromatic rings. The lowest BCUT2D eigenvalue weighted by Crippen LogP contribution is -2.06. The van der Waals surface area contributed by atoms with E-state index in [0.29, 0.717) is 23.0 Å². The van der Waals surface area contributed by atoms with Crippen LogP contribution in [0.15, 0.2) is 42.7 Å². The molecule has 0 spiro atoms. The molecule has 2 N–H and O–H groups in total. The number of hydrogen-bond acceptors (Lipinski definition) is 9. The van der Waals surface area contributed by atoms with E-state index in [0.717, 1.165) is 5.69 Å². The fourth-order valence-corrected chi connectivity index (χ4v) is 2.50. The van der Waals surface area contributed by atoms with Crippen molar-refractivity contribution >= 4 is 28.8 Å². The maximum absolute atomic E-state index is 11.7. The molecule has 0 aliphatic rings. The number of ether oxygens (including phenoxy) is 2. The van der Waals surface area contributed by atoms with Crippen LogP contribution in [0.4, 0.5) is 28.8 Å². The number of aromatic nitrogens is 3. The highest BCUT2D eigenvalue weighted by Gasteiger charge is 2.24. The van der Waals surface area contributed by atoms with E-state index in [-0.39, 0.29) is 17.3 Å². The Morgan fingerprint density at radius 3 is 2.43 bits per heavy atom. The molecule has 0 aliphatic carbocycles. The summed E-state index contributed by atoms with van der Waals surface area (Å²) in [7, 11) is 3.03. The van der Waals surface area contributed by atoms with Crippen LogP contribution in [0.3, 0.4) is 0 Å². The smallest absolute Gasteiger partial charge is 0.353 e. The lowest BCUT2D eigenvalue weighted by Gasteiger charge is -2.13. The normalized spacial score (nSPS) is 10.2. The molecular formula is C18H18N6O4. The van der Waals surface area contributed by atoms with Crippen LogP contribution in [0.1, 0.15) is 5.69 Å². The number of nitrogens with one attached hydrogen (secondary N) is 2. The number of methoxy groups -OCH3 is 2. The lowest BCUT2D eigenvalue weighted by molar-refractivity contribution is -0.383. The highest BCUT2D eigenvalue weighted by atomic mass is 16.6. The maximum atomic E-state index is 11.7. The second-order valence-electron chi connectivity index (χ2n) is 5.66. The van der Waals surface area contributed by atoms with Gasteiger partial charge in [-0.15, -0.1) is 0 Å². The number of nitro groups is 1. The van der Waals surface area contributed by atoms with Crippen molar-refractivity contribution in [1.29, 1.82) is 0 Å². The van der Waals surface area contributed by atoms with E-state index in [1.165, 1.54) is 20.5 Å². The first-order chi connectivity index (χ1) is 13.5. The van der Waals surface area contributed by atoms with Crippen LogP contribution in [0.2, 0.25) is 0 Å². The summed E-state index contributed by atoms with van der Waals surface area (Å²) in [5.41, 5.74) is 0.941. The summed E-state index contributed by atoms with van der Waals surface area (Å²) in [6.45, 7) is 1.82. The van der Waals surface area contributed by atoms with E-state index >= 15 is 0 Å². The van der Waals surface area contributed by atoms with Crippen LogP contribution in [-0.4, -0.2) is 34.1 Å². The Balaban J connectivity index is 1.99. The fraction of sp³-hybridized carbons (Fsp3) is 0.167. The highest BCUT2D eigenvalue weighted by molar-refractivity contribution is 5.78. The zero-order valence-corrected chi connectivity index (χ0v) is 15.5. The molecule has 1 aromatic carbocycles. The Morgan fingerprint density at radius 2 is 1.79 bits per heavy atom. The molecule has 0 amide bonds. The summed E-state index contributed by atoms with van der Waals surface area (Å²) >= 11 is 0. The minimum absolute atomic E-state index is 0.0126. The number of benzene rings is 1. The molecule has 0 saturated heterocycles. The first kappa shape index (κ1) is 18.8. The van der Waals surface area contributed by atoms with Crippen LogP contribution in [-0.2, 0) is 0 Å². The second kappa shape index (κ2) is 8.16. The van der Waals surface area contributed by atoms with E-state index in [2.05, 4.69) is 25.6 Å². The molecule has 10 heteroatoms. The van der Waals surface area contributed by atoms with E-state index < -0.39 is 4.92 Å². The SMILES string of the molecule is COc1ccc(Nc2ncnc(Nc3cccc(C)n3)c2[N+](=O)[O-])c(OC)c1. The fourth-order valence-electron chi connectivity index (χ4n) is 2.50. The van der Waals surface area contributed by atoms with Crippen LogP contribution in [0.25, 0.3) is 0 Å². The van der Waals surface area contributed by atoms with E-state index in [9.17, 15) is 10.1 Å². The average molecular weight is 382 g/mol. The zero-order chi connectivity index (χ0) is 20.1. The average Bonchev–Trinajstić information content (AvgIpc) is 2.68. The van der Waals surface area contributed by atoms with Gasteiger partial charge in [-0.25, -0.2) is 15.0 Å². The van der Waals surface area contributed by atoms with Gasteiger partial charge in [0.05, 0.1) is 24.8 Å². The van der Waals surface area contributed by atoms with Crippen molar-refractivity contribution in [3.8, 4) is 11.5 Å².